The first kappa shape index (κ1) is 70.2. The van der Waals surface area contributed by atoms with Crippen molar-refractivity contribution in [2.75, 3.05) is 19.7 Å². The molecule has 13 N–H and O–H groups in total. The number of nitrogens with two attached hydrogens (primary N) is 2. The summed E-state index contributed by atoms with van der Waals surface area (Å²) >= 11 is 1.73. The van der Waals surface area contributed by atoms with Gasteiger partial charge in [-0.2, -0.15) is 0 Å². The van der Waals surface area contributed by atoms with Crippen LogP contribution >= 0.6 is 11.8 Å². The van der Waals surface area contributed by atoms with E-state index in [9.17, 15) is 58.5 Å². The van der Waals surface area contributed by atoms with E-state index in [1.165, 1.54) is 55.7 Å². The van der Waals surface area contributed by atoms with E-state index in [1.807, 2.05) is 6.07 Å². The fraction of sp³-hybridized carbons (Fsp3) is 0.420. The zero-order valence-corrected chi connectivity index (χ0v) is 55.1. The number of carboxylic acid groups (broad SMARTS) is 1. The fourth-order valence-electron chi connectivity index (χ4n) is 12.3. The third kappa shape index (κ3) is 16.3. The molecule has 504 valence electrons. The van der Waals surface area contributed by atoms with Gasteiger partial charge in [-0.25, -0.2) is 9.80 Å². The fourth-order valence-corrected chi connectivity index (χ4v) is 13.3. The smallest absolute Gasteiger partial charge is 0.326 e. The molecule has 8 amide bonds. The molecule has 0 saturated carbocycles. The van der Waals surface area contributed by atoms with E-state index in [4.69, 9.17) is 11.5 Å². The number of nitrogens with one attached hydrogen (secondary N) is 6. The summed E-state index contributed by atoms with van der Waals surface area (Å²) in [5.41, 5.74) is 22.1. The summed E-state index contributed by atoms with van der Waals surface area (Å²) in [5.74, 6) is 3.94. The number of amides is 8. The molecule has 2 unspecified atom stereocenters. The second-order valence-corrected chi connectivity index (χ2v) is 25.7. The van der Waals surface area contributed by atoms with E-state index in [-0.39, 0.29) is 56.5 Å². The number of aromatic nitrogens is 3. The monoisotopic (exact) mass is 1330 g/mol. The number of allylic oxidation sites excluding steroid dienone is 1. The van der Waals surface area contributed by atoms with Crippen molar-refractivity contribution < 1.29 is 58.5 Å². The van der Waals surface area contributed by atoms with Gasteiger partial charge < -0.3 is 58.3 Å². The highest BCUT2D eigenvalue weighted by Gasteiger charge is 2.45. The normalized spacial score (nSPS) is 18.9. The summed E-state index contributed by atoms with van der Waals surface area (Å²) in [6.45, 7) is 9.55. The zero-order valence-electron chi connectivity index (χ0n) is 54.2. The number of carbonyl (C=O) groups is 9. The number of benzene rings is 4. The summed E-state index contributed by atoms with van der Waals surface area (Å²) < 4.78 is 1.40. The van der Waals surface area contributed by atoms with Crippen molar-refractivity contribution in [1.82, 2.24) is 56.9 Å². The Morgan fingerprint density at radius 3 is 2.19 bits per heavy atom. The number of guanidine groups is 1. The van der Waals surface area contributed by atoms with Crippen molar-refractivity contribution >= 4 is 92.9 Å². The zero-order chi connectivity index (χ0) is 69.1. The van der Waals surface area contributed by atoms with Gasteiger partial charge in [-0.1, -0.05) is 105 Å². The SMILES string of the molecule is CCCC#Cc1ccc2c(c1)/C(=C1\c3c(ccc4ccccc34)C[C@H]1C)c1cc(C#CCCn3cc(C(=O)N[C@@H](CO)C(=O)NC4CC(=O)NN(C(C(=O)N[C@@H](CCCN=C(N)N)C(=O)N[C@H](C(=O)N[C@@H](C)C(=O)N5CCC[C@H]5C(=O)O)C(C)C)[C@H](C)O)C4=O)nn3)ccc1S2. The second-order valence-electron chi connectivity index (χ2n) is 24.6. The minimum absolute atomic E-state index is 0.0171. The number of hydrazine groups is 1. The van der Waals surface area contributed by atoms with E-state index in [1.54, 1.807) is 25.6 Å². The minimum Gasteiger partial charge on any atom is -0.480 e. The van der Waals surface area contributed by atoms with Crippen LogP contribution in [0.4, 0.5) is 0 Å². The quantitative estimate of drug-likeness (QED) is 0.0190. The van der Waals surface area contributed by atoms with Crippen molar-refractivity contribution in [1.29, 1.82) is 0 Å². The van der Waals surface area contributed by atoms with Crippen LogP contribution < -0.4 is 43.5 Å². The Morgan fingerprint density at radius 2 is 1.53 bits per heavy atom. The summed E-state index contributed by atoms with van der Waals surface area (Å²) in [5, 5.41) is 54.3. The van der Waals surface area contributed by atoms with Crippen molar-refractivity contribution in [3.63, 3.8) is 0 Å². The molecule has 0 radical (unpaired) electrons. The van der Waals surface area contributed by atoms with Crippen LogP contribution in [0.3, 0.4) is 0 Å². The predicted molar refractivity (Wildman–Crippen MR) is 357 cm³/mol. The van der Waals surface area contributed by atoms with Gasteiger partial charge in [0.1, 0.15) is 36.3 Å². The van der Waals surface area contributed by atoms with E-state index in [0.717, 1.165) is 58.2 Å². The van der Waals surface area contributed by atoms with Crippen LogP contribution in [-0.4, -0.2) is 168 Å². The number of likely N-dealkylation sites (tertiary alicyclic amines) is 1. The van der Waals surface area contributed by atoms with Gasteiger partial charge in [-0.3, -0.25) is 53.5 Å². The molecule has 2 fully saturated rings. The molecular formula is C69H80N14O12S. The maximum atomic E-state index is 14.2. The maximum Gasteiger partial charge on any atom is 0.326 e. The van der Waals surface area contributed by atoms with Gasteiger partial charge in [0, 0.05) is 46.8 Å². The summed E-state index contributed by atoms with van der Waals surface area (Å²) in [4.78, 5) is 129. The van der Waals surface area contributed by atoms with Crippen LogP contribution in [0.1, 0.15) is 137 Å². The van der Waals surface area contributed by atoms with Gasteiger partial charge in [0.25, 0.3) is 11.8 Å². The highest BCUT2D eigenvalue weighted by atomic mass is 32.2. The van der Waals surface area contributed by atoms with Crippen LogP contribution in [0.15, 0.2) is 93.8 Å². The topological polar surface area (TPSA) is 388 Å². The van der Waals surface area contributed by atoms with Crippen LogP contribution in [0.2, 0.25) is 0 Å². The minimum atomic E-state index is -1.95. The lowest BCUT2D eigenvalue weighted by Gasteiger charge is -2.39. The Bertz CT molecular complexity index is 4060. The standard InChI is InChI=1S/C69H80N14O12S/c1-7-8-9-16-41-22-26-53-46(32-41)58(56-38(4)31-44-25-24-43-18-10-11-19-45(43)57(44)56)47-33-42(23-27-54(47)96-53)17-12-13-29-81-35-50(78-80-81)62(88)76-51(36-84)63(89)75-49-34-55(86)79-83(67(49)93)60(40(6)85)65(91)74-48(20-14-28-72-69(70)71)61(87)77-59(37(2)3)64(90)73-39(5)66(92)82-30-15-21-52(82)68(94)95/h10-11,18-19,22-27,32-33,35,37-40,48-49,51-52,59-60,84-85H,7-8,13-15,20-21,28-31,34,36H2,1-6H3,(H,73,90)(H,74,91)(H,75,89)(H,76,88)(H,77,87)(H,79,86)(H,94,95)(H4,70,71,72)/b58-56+/t38-,39+,40+,48+,49?,51+,52+,59+,60?/m1/s1. The molecule has 5 aromatic rings. The number of nitrogens with zero attached hydrogens (tertiary/aromatic N) is 6. The molecular weight excluding hydrogens is 1250 g/mol. The van der Waals surface area contributed by atoms with Crippen molar-refractivity contribution in [2.24, 2.45) is 28.3 Å². The number of aliphatic carboxylic acids is 1. The van der Waals surface area contributed by atoms with E-state index in [2.05, 4.69) is 152 Å². The average molecular weight is 1330 g/mol. The van der Waals surface area contributed by atoms with E-state index in [0.29, 0.717) is 17.9 Å². The first-order valence-electron chi connectivity index (χ1n) is 32.1. The number of fused-ring (bicyclic) bond motifs is 5. The number of hydrogen-bond donors (Lipinski definition) is 11. The molecule has 27 heteroatoms. The highest BCUT2D eigenvalue weighted by Crippen LogP contribution is 2.53. The molecule has 96 heavy (non-hydrogen) atoms. The molecule has 26 nitrogen and oxygen atoms in total. The Hall–Kier alpha value is -10.1. The maximum absolute atomic E-state index is 14.2. The number of unbranched alkanes of at least 4 members (excludes halogenated alkanes) is 1. The molecule has 9 rings (SSSR count). The lowest BCUT2D eigenvalue weighted by molar-refractivity contribution is -0.160. The van der Waals surface area contributed by atoms with Crippen LogP contribution in [-0.2, 0) is 51.3 Å². The third-order valence-corrected chi connectivity index (χ3v) is 18.2. The molecule has 0 bridgehead atoms. The summed E-state index contributed by atoms with van der Waals surface area (Å²) in [7, 11) is 0. The van der Waals surface area contributed by atoms with Crippen molar-refractivity contribution in [3.05, 3.63) is 118 Å². The van der Waals surface area contributed by atoms with Gasteiger partial charge in [0.05, 0.1) is 31.9 Å². The second kappa shape index (κ2) is 31.4. The molecule has 3 aliphatic heterocycles. The third-order valence-electron chi connectivity index (χ3n) is 17.0. The number of carboxylic acids is 1. The highest BCUT2D eigenvalue weighted by molar-refractivity contribution is 7.99. The van der Waals surface area contributed by atoms with Gasteiger partial charge in [-0.15, -0.1) is 5.10 Å². The van der Waals surface area contributed by atoms with Crippen molar-refractivity contribution in [2.45, 2.75) is 164 Å². The van der Waals surface area contributed by atoms with E-state index < -0.39 is 121 Å². The van der Waals surface area contributed by atoms with Gasteiger partial charge in [0.15, 0.2) is 17.7 Å². The van der Waals surface area contributed by atoms with E-state index >= 15 is 0 Å². The van der Waals surface area contributed by atoms with Crippen molar-refractivity contribution in [3.8, 4) is 23.7 Å². The number of aliphatic imine (C=N–C) groups is 1. The van der Waals surface area contributed by atoms with Gasteiger partial charge >= 0.3 is 5.97 Å². The molecule has 4 heterocycles. The number of carbonyl (C=O) groups excluding carboxylic acids is 8. The lowest BCUT2D eigenvalue weighted by Crippen LogP contribution is -2.69. The van der Waals surface area contributed by atoms with Crippen LogP contribution in [0, 0.1) is 35.5 Å². The largest absolute Gasteiger partial charge is 0.480 e. The number of aryl methyl sites for hydroxylation is 1. The molecule has 9 atom stereocenters. The van der Waals surface area contributed by atoms with Gasteiger partial charge in [-0.05, 0) is 145 Å². The van der Waals surface area contributed by atoms with Crippen LogP contribution in [0.5, 0.6) is 0 Å². The molecule has 1 aromatic heterocycles. The summed E-state index contributed by atoms with van der Waals surface area (Å²) in [6, 6.07) is 15.4. The lowest BCUT2D eigenvalue weighted by atomic mass is 9.84. The Balaban J connectivity index is 0.835. The molecule has 4 aromatic carbocycles. The number of hydrogen-bond acceptors (Lipinski definition) is 15. The number of rotatable bonds is 23. The Labute approximate surface area is 559 Å². The van der Waals surface area contributed by atoms with Crippen LogP contribution in [0.25, 0.3) is 21.9 Å². The molecule has 2 saturated heterocycles. The first-order chi connectivity index (χ1) is 46.0. The molecule has 0 spiro atoms. The number of aliphatic hydroxyl groups is 2. The average Bonchev–Trinajstić information content (AvgIpc) is 1.43. The summed E-state index contributed by atoms with van der Waals surface area (Å²) in [6.07, 6.45) is 2.53. The Kier molecular flexibility index (Phi) is 23.0. The molecule has 4 aliphatic rings. The number of aliphatic hydroxyl groups excluding tert-OH is 2. The Morgan fingerprint density at radius 1 is 0.833 bits per heavy atom. The molecule has 1 aliphatic carbocycles. The van der Waals surface area contributed by atoms with Gasteiger partial charge in [0.2, 0.25) is 35.4 Å². The predicted octanol–water partition coefficient (Wildman–Crippen LogP) is 2.49. The first-order valence-corrected chi connectivity index (χ1v) is 32.9.